The standard InChI is InChI=1S/C15H14ClN3O2/c1-21-14-3-2-13(16)10-12(14)6-9-18-19-15(20)11-4-7-17-8-5-11/h2-5,7-10H,6H2,1H3,(H,19,20). The summed E-state index contributed by atoms with van der Waals surface area (Å²) in [7, 11) is 1.59. The molecule has 6 heteroatoms. The molecule has 21 heavy (non-hydrogen) atoms. The molecule has 1 aromatic carbocycles. The number of nitrogens with zero attached hydrogens (tertiary/aromatic N) is 2. The molecule has 1 aromatic heterocycles. The maximum atomic E-state index is 11.7. The van der Waals surface area contributed by atoms with E-state index >= 15 is 0 Å². The van der Waals surface area contributed by atoms with E-state index in [-0.39, 0.29) is 5.91 Å². The molecule has 0 fully saturated rings. The van der Waals surface area contributed by atoms with Crippen molar-refractivity contribution in [1.29, 1.82) is 0 Å². The molecule has 0 atom stereocenters. The molecule has 5 nitrogen and oxygen atoms in total. The highest BCUT2D eigenvalue weighted by molar-refractivity contribution is 6.30. The van der Waals surface area contributed by atoms with Crippen molar-refractivity contribution < 1.29 is 9.53 Å². The summed E-state index contributed by atoms with van der Waals surface area (Å²) >= 11 is 5.94. The lowest BCUT2D eigenvalue weighted by Crippen LogP contribution is -2.17. The van der Waals surface area contributed by atoms with Crippen LogP contribution in [0.5, 0.6) is 5.75 Å². The first kappa shape index (κ1) is 15.0. The second-order valence-corrected chi connectivity index (χ2v) is 4.59. The molecule has 0 aliphatic rings. The summed E-state index contributed by atoms with van der Waals surface area (Å²) in [5.41, 5.74) is 3.85. The van der Waals surface area contributed by atoms with Gasteiger partial charge in [-0.25, -0.2) is 5.43 Å². The third-order valence-electron chi connectivity index (χ3n) is 2.75. The Hall–Kier alpha value is -2.40. The molecule has 2 aromatic rings. The Morgan fingerprint density at radius 1 is 1.38 bits per heavy atom. The number of amides is 1. The minimum Gasteiger partial charge on any atom is -0.496 e. The first-order valence-corrected chi connectivity index (χ1v) is 6.63. The summed E-state index contributed by atoms with van der Waals surface area (Å²) in [6.07, 6.45) is 5.19. The fourth-order valence-electron chi connectivity index (χ4n) is 1.72. The van der Waals surface area contributed by atoms with Crippen molar-refractivity contribution >= 4 is 23.7 Å². The van der Waals surface area contributed by atoms with Gasteiger partial charge in [-0.3, -0.25) is 9.78 Å². The number of carbonyl (C=O) groups is 1. The zero-order valence-electron chi connectivity index (χ0n) is 11.4. The lowest BCUT2D eigenvalue weighted by Gasteiger charge is -2.06. The van der Waals surface area contributed by atoms with E-state index in [1.54, 1.807) is 56.0 Å². The molecule has 0 bridgehead atoms. The van der Waals surface area contributed by atoms with Crippen LogP contribution in [0, 0.1) is 0 Å². The Labute approximate surface area is 127 Å². The SMILES string of the molecule is COc1ccc(Cl)cc1CC=NNC(=O)c1ccncc1. The van der Waals surface area contributed by atoms with Crippen LogP contribution in [0.2, 0.25) is 5.02 Å². The summed E-state index contributed by atoms with van der Waals surface area (Å²) in [5, 5.41) is 4.53. The minimum atomic E-state index is -0.285. The van der Waals surface area contributed by atoms with E-state index in [9.17, 15) is 4.79 Å². The van der Waals surface area contributed by atoms with Crippen LogP contribution in [0.3, 0.4) is 0 Å². The van der Waals surface area contributed by atoms with Crippen molar-refractivity contribution in [3.05, 3.63) is 58.9 Å². The first-order valence-electron chi connectivity index (χ1n) is 6.25. The molecule has 0 aliphatic carbocycles. The molecule has 1 amide bonds. The zero-order valence-corrected chi connectivity index (χ0v) is 12.2. The first-order chi connectivity index (χ1) is 10.2. The number of methoxy groups -OCH3 is 1. The van der Waals surface area contributed by atoms with Crippen molar-refractivity contribution in [3.8, 4) is 5.75 Å². The Bertz CT molecular complexity index is 645. The van der Waals surface area contributed by atoms with Crippen LogP contribution in [-0.4, -0.2) is 24.2 Å². The van der Waals surface area contributed by atoms with E-state index < -0.39 is 0 Å². The van der Waals surface area contributed by atoms with Crippen molar-refractivity contribution in [2.75, 3.05) is 7.11 Å². The summed E-state index contributed by atoms with van der Waals surface area (Å²) < 4.78 is 5.23. The van der Waals surface area contributed by atoms with Crippen LogP contribution in [0.1, 0.15) is 15.9 Å². The highest BCUT2D eigenvalue weighted by Crippen LogP contribution is 2.22. The number of hydrogen-bond donors (Lipinski definition) is 1. The third kappa shape index (κ3) is 4.29. The van der Waals surface area contributed by atoms with Crippen LogP contribution < -0.4 is 10.2 Å². The number of hydrogen-bond acceptors (Lipinski definition) is 4. The molecule has 0 radical (unpaired) electrons. The molecular formula is C15H14ClN3O2. The highest BCUT2D eigenvalue weighted by atomic mass is 35.5. The normalized spacial score (nSPS) is 10.6. The predicted molar refractivity (Wildman–Crippen MR) is 81.9 cm³/mol. The maximum Gasteiger partial charge on any atom is 0.271 e. The summed E-state index contributed by atoms with van der Waals surface area (Å²) in [6, 6.07) is 8.58. The quantitative estimate of drug-likeness (QED) is 0.682. The minimum absolute atomic E-state index is 0.285. The zero-order chi connectivity index (χ0) is 15.1. The molecule has 108 valence electrons. The molecule has 2 rings (SSSR count). The monoisotopic (exact) mass is 303 g/mol. The Balaban J connectivity index is 1.94. The molecular weight excluding hydrogens is 290 g/mol. The second kappa shape index (κ2) is 7.40. The van der Waals surface area contributed by atoms with Crippen LogP contribution in [-0.2, 0) is 6.42 Å². The van der Waals surface area contributed by atoms with E-state index in [2.05, 4.69) is 15.5 Å². The molecule has 0 saturated heterocycles. The van der Waals surface area contributed by atoms with Crippen LogP contribution >= 0.6 is 11.6 Å². The summed E-state index contributed by atoms with van der Waals surface area (Å²) in [5.74, 6) is 0.443. The van der Waals surface area contributed by atoms with Gasteiger partial charge in [0.05, 0.1) is 7.11 Å². The number of hydrazone groups is 1. The number of carbonyl (C=O) groups excluding carboxylic acids is 1. The van der Waals surface area contributed by atoms with Gasteiger partial charge in [-0.1, -0.05) is 11.6 Å². The molecule has 1 heterocycles. The fourth-order valence-corrected chi connectivity index (χ4v) is 1.92. The highest BCUT2D eigenvalue weighted by Gasteiger charge is 2.04. The number of nitrogens with one attached hydrogen (secondary N) is 1. The number of pyridine rings is 1. The van der Waals surface area contributed by atoms with Crippen molar-refractivity contribution in [2.45, 2.75) is 6.42 Å². The van der Waals surface area contributed by atoms with E-state index in [4.69, 9.17) is 16.3 Å². The topological polar surface area (TPSA) is 63.6 Å². The molecule has 0 aliphatic heterocycles. The van der Waals surface area contributed by atoms with Crippen LogP contribution in [0.15, 0.2) is 47.8 Å². The van der Waals surface area contributed by atoms with Crippen LogP contribution in [0.25, 0.3) is 0 Å². The summed E-state index contributed by atoms with van der Waals surface area (Å²) in [6.45, 7) is 0. The number of halogens is 1. The van der Waals surface area contributed by atoms with Gasteiger partial charge in [0, 0.05) is 41.2 Å². The smallest absolute Gasteiger partial charge is 0.271 e. The van der Waals surface area contributed by atoms with E-state index in [1.807, 2.05) is 0 Å². The van der Waals surface area contributed by atoms with Gasteiger partial charge in [0.25, 0.3) is 5.91 Å². The van der Waals surface area contributed by atoms with Gasteiger partial charge in [-0.05, 0) is 30.3 Å². The van der Waals surface area contributed by atoms with Gasteiger partial charge in [-0.2, -0.15) is 5.10 Å². The number of rotatable bonds is 5. The van der Waals surface area contributed by atoms with Gasteiger partial charge in [0.2, 0.25) is 0 Å². The van der Waals surface area contributed by atoms with Gasteiger partial charge in [-0.15, -0.1) is 0 Å². The lowest BCUT2D eigenvalue weighted by molar-refractivity contribution is 0.0955. The number of aromatic nitrogens is 1. The van der Waals surface area contributed by atoms with Gasteiger partial charge in [0.1, 0.15) is 5.75 Å². The fraction of sp³-hybridized carbons (Fsp3) is 0.133. The number of benzene rings is 1. The van der Waals surface area contributed by atoms with Gasteiger partial charge in [0.15, 0.2) is 0 Å². The second-order valence-electron chi connectivity index (χ2n) is 4.15. The maximum absolute atomic E-state index is 11.7. The van der Waals surface area contributed by atoms with Crippen LogP contribution in [0.4, 0.5) is 0 Å². The molecule has 1 N–H and O–H groups in total. The van der Waals surface area contributed by atoms with Gasteiger partial charge < -0.3 is 4.74 Å². The van der Waals surface area contributed by atoms with E-state index in [0.717, 1.165) is 11.3 Å². The van der Waals surface area contributed by atoms with Crippen molar-refractivity contribution in [2.24, 2.45) is 5.10 Å². The largest absolute Gasteiger partial charge is 0.496 e. The number of ether oxygens (including phenoxy) is 1. The third-order valence-corrected chi connectivity index (χ3v) is 2.99. The van der Waals surface area contributed by atoms with E-state index in [0.29, 0.717) is 17.0 Å². The average Bonchev–Trinajstić information content (AvgIpc) is 2.52. The molecule has 0 unspecified atom stereocenters. The average molecular weight is 304 g/mol. The summed E-state index contributed by atoms with van der Waals surface area (Å²) in [4.78, 5) is 15.6. The molecule has 0 saturated carbocycles. The van der Waals surface area contributed by atoms with Gasteiger partial charge >= 0.3 is 0 Å². The molecule has 0 spiro atoms. The van der Waals surface area contributed by atoms with Crippen molar-refractivity contribution in [3.63, 3.8) is 0 Å². The lowest BCUT2D eigenvalue weighted by atomic mass is 10.1. The Morgan fingerprint density at radius 3 is 2.86 bits per heavy atom. The van der Waals surface area contributed by atoms with Crippen molar-refractivity contribution in [1.82, 2.24) is 10.4 Å². The predicted octanol–water partition coefficient (Wildman–Crippen LogP) is 2.70. The van der Waals surface area contributed by atoms with E-state index in [1.165, 1.54) is 0 Å². The Morgan fingerprint density at radius 2 is 2.14 bits per heavy atom. The Kier molecular flexibility index (Phi) is 5.29.